The van der Waals surface area contributed by atoms with Gasteiger partial charge in [0, 0.05) is 10.9 Å². The molecule has 3 nitrogen and oxygen atoms in total. The van der Waals surface area contributed by atoms with Crippen molar-refractivity contribution in [3.8, 4) is 0 Å². The van der Waals surface area contributed by atoms with Crippen LogP contribution in [0.5, 0.6) is 0 Å². The number of para-hydroxylation sites is 1. The molecule has 1 fully saturated rings. The monoisotopic (exact) mass is 318 g/mol. The van der Waals surface area contributed by atoms with E-state index in [0.29, 0.717) is 6.42 Å². The van der Waals surface area contributed by atoms with Gasteiger partial charge in [-0.05, 0) is 43.7 Å². The van der Waals surface area contributed by atoms with Gasteiger partial charge in [0.2, 0.25) is 5.91 Å². The number of nitrogens with one attached hydrogen (secondary N) is 1. The van der Waals surface area contributed by atoms with Crippen molar-refractivity contribution in [3.63, 3.8) is 0 Å². The molecule has 1 aliphatic carbocycles. The van der Waals surface area contributed by atoms with Crippen LogP contribution >= 0.6 is 11.8 Å². The van der Waals surface area contributed by atoms with E-state index < -0.39 is 10.9 Å². The zero-order valence-electron chi connectivity index (χ0n) is 11.5. The Balaban J connectivity index is 2.18. The summed E-state index contributed by atoms with van der Waals surface area (Å²) in [6.07, 6.45) is 2.25. The number of carbonyl (C=O) groups excluding carboxylic acids is 1. The zero-order chi connectivity index (χ0) is 15.7. The predicted octanol–water partition coefficient (Wildman–Crippen LogP) is 3.75. The highest BCUT2D eigenvalue weighted by Crippen LogP contribution is 2.42. The maximum Gasteiger partial charge on any atom is 0.446 e. The number of amides is 1. The molecule has 0 radical (unpaired) electrons. The molecule has 0 heterocycles. The quantitative estimate of drug-likeness (QED) is 0.835. The van der Waals surface area contributed by atoms with E-state index in [4.69, 9.17) is 5.73 Å². The highest BCUT2D eigenvalue weighted by Gasteiger charge is 2.43. The first-order valence-electron chi connectivity index (χ1n) is 6.64. The van der Waals surface area contributed by atoms with Crippen LogP contribution in [-0.4, -0.2) is 17.5 Å². The SMILES string of the molecule is CC1(C(=O)Nc2ccccc2SC(F)(F)F)CCCC1N. The molecule has 2 atom stereocenters. The number of benzene rings is 1. The summed E-state index contributed by atoms with van der Waals surface area (Å²) in [6, 6.07) is 5.64. The lowest BCUT2D eigenvalue weighted by molar-refractivity contribution is -0.125. The van der Waals surface area contributed by atoms with Crippen LogP contribution in [0, 0.1) is 5.41 Å². The standard InChI is InChI=1S/C14H17F3N2OS/c1-13(8-4-7-11(13)18)12(20)19-9-5-2-3-6-10(9)21-14(15,16)17/h2-3,5-6,11H,4,7-8,18H2,1H3,(H,19,20). The van der Waals surface area contributed by atoms with Crippen molar-refractivity contribution >= 4 is 23.4 Å². The summed E-state index contributed by atoms with van der Waals surface area (Å²) in [5.74, 6) is -0.317. The van der Waals surface area contributed by atoms with Crippen LogP contribution in [0.4, 0.5) is 18.9 Å². The van der Waals surface area contributed by atoms with Gasteiger partial charge in [-0.3, -0.25) is 4.79 Å². The molecule has 0 saturated heterocycles. The first kappa shape index (κ1) is 16.2. The molecule has 1 amide bonds. The summed E-state index contributed by atoms with van der Waals surface area (Å²) in [7, 11) is 0. The molecular weight excluding hydrogens is 301 g/mol. The second-order valence-corrected chi connectivity index (χ2v) is 6.52. The fourth-order valence-corrected chi connectivity index (χ4v) is 3.15. The second kappa shape index (κ2) is 5.88. The van der Waals surface area contributed by atoms with Crippen molar-refractivity contribution in [2.45, 2.75) is 42.6 Å². The number of carbonyl (C=O) groups is 1. The normalized spacial score (nSPS) is 25.9. The molecule has 0 bridgehead atoms. The van der Waals surface area contributed by atoms with Gasteiger partial charge in [-0.15, -0.1) is 0 Å². The van der Waals surface area contributed by atoms with Crippen LogP contribution in [0.25, 0.3) is 0 Å². The number of hydrogen-bond donors (Lipinski definition) is 2. The van der Waals surface area contributed by atoms with Gasteiger partial charge in [-0.1, -0.05) is 18.6 Å². The summed E-state index contributed by atoms with van der Waals surface area (Å²) in [4.78, 5) is 12.4. The van der Waals surface area contributed by atoms with Crippen molar-refractivity contribution in [3.05, 3.63) is 24.3 Å². The van der Waals surface area contributed by atoms with Crippen LogP contribution in [0.15, 0.2) is 29.2 Å². The third-order valence-corrected chi connectivity index (χ3v) is 4.72. The van der Waals surface area contributed by atoms with E-state index in [9.17, 15) is 18.0 Å². The summed E-state index contributed by atoms with van der Waals surface area (Å²) in [5, 5.41) is 2.61. The predicted molar refractivity (Wildman–Crippen MR) is 76.9 cm³/mol. The Hall–Kier alpha value is -1.21. The van der Waals surface area contributed by atoms with Crippen LogP contribution in [0.1, 0.15) is 26.2 Å². The molecule has 1 aromatic carbocycles. The number of halogens is 3. The number of hydrogen-bond acceptors (Lipinski definition) is 3. The van der Waals surface area contributed by atoms with E-state index in [0.717, 1.165) is 12.8 Å². The Morgan fingerprint density at radius 3 is 2.67 bits per heavy atom. The lowest BCUT2D eigenvalue weighted by Gasteiger charge is -2.28. The van der Waals surface area contributed by atoms with Crippen molar-refractivity contribution in [1.29, 1.82) is 0 Å². The van der Waals surface area contributed by atoms with E-state index in [1.807, 2.05) is 0 Å². The summed E-state index contributed by atoms with van der Waals surface area (Å²) in [6.45, 7) is 1.76. The Labute approximate surface area is 125 Å². The fraction of sp³-hybridized carbons (Fsp3) is 0.500. The van der Waals surface area contributed by atoms with Gasteiger partial charge in [-0.25, -0.2) is 0 Å². The molecular formula is C14H17F3N2OS. The molecule has 0 spiro atoms. The van der Waals surface area contributed by atoms with Crippen molar-refractivity contribution < 1.29 is 18.0 Å². The van der Waals surface area contributed by atoms with Gasteiger partial charge in [0.05, 0.1) is 11.1 Å². The molecule has 7 heteroatoms. The molecule has 116 valence electrons. The Morgan fingerprint density at radius 2 is 2.10 bits per heavy atom. The van der Waals surface area contributed by atoms with E-state index in [-0.39, 0.29) is 34.3 Å². The average molecular weight is 318 g/mol. The molecule has 2 unspecified atom stereocenters. The minimum Gasteiger partial charge on any atom is -0.327 e. The van der Waals surface area contributed by atoms with E-state index in [2.05, 4.69) is 5.32 Å². The summed E-state index contributed by atoms with van der Waals surface area (Å²) < 4.78 is 37.6. The Morgan fingerprint density at radius 1 is 1.43 bits per heavy atom. The van der Waals surface area contributed by atoms with Crippen LogP contribution < -0.4 is 11.1 Å². The maximum absolute atomic E-state index is 12.5. The highest BCUT2D eigenvalue weighted by atomic mass is 32.2. The van der Waals surface area contributed by atoms with Crippen molar-refractivity contribution in [2.24, 2.45) is 11.1 Å². The van der Waals surface area contributed by atoms with E-state index in [1.54, 1.807) is 13.0 Å². The molecule has 3 N–H and O–H groups in total. The van der Waals surface area contributed by atoms with E-state index in [1.165, 1.54) is 18.2 Å². The van der Waals surface area contributed by atoms with Crippen molar-refractivity contribution in [2.75, 3.05) is 5.32 Å². The van der Waals surface area contributed by atoms with Gasteiger partial charge >= 0.3 is 5.51 Å². The number of nitrogens with two attached hydrogens (primary N) is 1. The lowest BCUT2D eigenvalue weighted by Crippen LogP contribution is -2.44. The molecule has 0 aromatic heterocycles. The maximum atomic E-state index is 12.5. The molecule has 0 aliphatic heterocycles. The summed E-state index contributed by atoms with van der Waals surface area (Å²) >= 11 is -0.234. The van der Waals surface area contributed by atoms with Crippen molar-refractivity contribution in [1.82, 2.24) is 0 Å². The topological polar surface area (TPSA) is 55.1 Å². The van der Waals surface area contributed by atoms with E-state index >= 15 is 0 Å². The first-order chi connectivity index (χ1) is 9.72. The number of rotatable bonds is 3. The molecule has 1 aliphatic rings. The summed E-state index contributed by atoms with van der Waals surface area (Å²) in [5.41, 5.74) is 1.01. The first-order valence-corrected chi connectivity index (χ1v) is 7.46. The lowest BCUT2D eigenvalue weighted by atomic mass is 9.84. The Bertz CT molecular complexity index is 535. The fourth-order valence-electron chi connectivity index (χ4n) is 2.52. The smallest absolute Gasteiger partial charge is 0.327 e. The largest absolute Gasteiger partial charge is 0.446 e. The van der Waals surface area contributed by atoms with Crippen LogP contribution in [0.3, 0.4) is 0 Å². The van der Waals surface area contributed by atoms with Gasteiger partial charge in [0.1, 0.15) is 0 Å². The zero-order valence-corrected chi connectivity index (χ0v) is 12.4. The second-order valence-electron chi connectivity index (χ2n) is 5.41. The number of anilines is 1. The van der Waals surface area contributed by atoms with Gasteiger partial charge in [0.25, 0.3) is 0 Å². The third-order valence-electron chi connectivity index (χ3n) is 3.91. The molecule has 21 heavy (non-hydrogen) atoms. The molecule has 1 saturated carbocycles. The number of alkyl halides is 3. The van der Waals surface area contributed by atoms with Gasteiger partial charge in [0.15, 0.2) is 0 Å². The third kappa shape index (κ3) is 3.71. The number of thioether (sulfide) groups is 1. The highest BCUT2D eigenvalue weighted by molar-refractivity contribution is 8.00. The van der Waals surface area contributed by atoms with Gasteiger partial charge in [-0.2, -0.15) is 13.2 Å². The average Bonchev–Trinajstić information content (AvgIpc) is 2.71. The molecule has 2 rings (SSSR count). The minimum atomic E-state index is -4.39. The minimum absolute atomic E-state index is 0.0199. The van der Waals surface area contributed by atoms with Crippen LogP contribution in [-0.2, 0) is 4.79 Å². The van der Waals surface area contributed by atoms with Gasteiger partial charge < -0.3 is 11.1 Å². The van der Waals surface area contributed by atoms with Crippen LogP contribution in [0.2, 0.25) is 0 Å². The molecule has 1 aromatic rings. The Kier molecular flexibility index (Phi) is 4.53.